The van der Waals surface area contributed by atoms with Gasteiger partial charge in [-0.05, 0) is 87.0 Å². The van der Waals surface area contributed by atoms with Crippen molar-refractivity contribution in [3.63, 3.8) is 0 Å². The number of carbonyl (C=O) groups excluding carboxylic acids is 1. The van der Waals surface area contributed by atoms with Crippen LogP contribution >= 0.6 is 11.6 Å². The van der Waals surface area contributed by atoms with Crippen LogP contribution in [0.3, 0.4) is 0 Å². The van der Waals surface area contributed by atoms with Crippen LogP contribution in [0.15, 0.2) is 36.4 Å². The normalized spacial score (nSPS) is 18.3. The zero-order valence-electron chi connectivity index (χ0n) is 24.7. The maximum atomic E-state index is 14.0. The summed E-state index contributed by atoms with van der Waals surface area (Å²) in [5.74, 6) is 0.638. The topological polar surface area (TPSA) is 59.0 Å². The first-order valence-corrected chi connectivity index (χ1v) is 16.9. The number of aryl methyl sites for hydroxylation is 1. The number of methoxy groups -OCH3 is 1. The van der Waals surface area contributed by atoms with Gasteiger partial charge in [0.15, 0.2) is 8.32 Å². The fraction of sp³-hybridized carbons (Fsp3) is 0.581. The number of benzene rings is 2. The third-order valence-electron chi connectivity index (χ3n) is 8.37. The molecule has 2 aromatic carbocycles. The highest BCUT2D eigenvalue weighted by molar-refractivity contribution is 6.74. The van der Waals surface area contributed by atoms with E-state index in [0.29, 0.717) is 29.4 Å². The van der Waals surface area contributed by atoms with Gasteiger partial charge in [-0.25, -0.2) is 0 Å². The Morgan fingerprint density at radius 1 is 1.13 bits per heavy atom. The Hall–Kier alpha value is -1.86. The van der Waals surface area contributed by atoms with Gasteiger partial charge in [-0.15, -0.1) is 0 Å². The number of fused-ring (bicyclic) bond motifs is 1. The molecule has 0 aliphatic carbocycles. The second-order valence-corrected chi connectivity index (χ2v) is 18.0. The Labute approximate surface area is 235 Å². The van der Waals surface area contributed by atoms with E-state index < -0.39 is 13.9 Å². The van der Waals surface area contributed by atoms with Crippen molar-refractivity contribution in [2.45, 2.75) is 103 Å². The highest BCUT2D eigenvalue weighted by Crippen LogP contribution is 2.40. The number of ether oxygens (including phenoxy) is 1. The number of halogens is 1. The molecule has 210 valence electrons. The first-order valence-electron chi connectivity index (χ1n) is 13.7. The smallest absolute Gasteiger partial charge is 0.228 e. The molecule has 3 rings (SSSR count). The molecule has 5 nitrogen and oxygen atoms in total. The lowest BCUT2D eigenvalue weighted by atomic mass is 9.83. The largest absolute Gasteiger partial charge is 0.496 e. The fourth-order valence-corrected chi connectivity index (χ4v) is 6.27. The molecule has 0 radical (unpaired) electrons. The summed E-state index contributed by atoms with van der Waals surface area (Å²) >= 11 is 6.52. The van der Waals surface area contributed by atoms with E-state index in [0.717, 1.165) is 12.8 Å². The van der Waals surface area contributed by atoms with Gasteiger partial charge < -0.3 is 19.2 Å². The van der Waals surface area contributed by atoms with Crippen LogP contribution in [-0.2, 0) is 28.5 Å². The molecule has 0 fully saturated rings. The van der Waals surface area contributed by atoms with E-state index in [4.69, 9.17) is 20.8 Å². The number of hydrogen-bond donors (Lipinski definition) is 1. The van der Waals surface area contributed by atoms with E-state index in [1.54, 1.807) is 13.2 Å². The Balaban J connectivity index is 1.99. The monoisotopic (exact) mass is 559 g/mol. The third-order valence-corrected chi connectivity index (χ3v) is 13.2. The maximum Gasteiger partial charge on any atom is 0.228 e. The van der Waals surface area contributed by atoms with Gasteiger partial charge in [-0.3, -0.25) is 4.79 Å². The van der Waals surface area contributed by atoms with E-state index in [9.17, 15) is 9.90 Å². The van der Waals surface area contributed by atoms with Crippen LogP contribution < -0.4 is 4.74 Å². The average molecular weight is 560 g/mol. The lowest BCUT2D eigenvalue weighted by molar-refractivity contribution is -0.137. The van der Waals surface area contributed by atoms with Crippen molar-refractivity contribution in [1.29, 1.82) is 0 Å². The summed E-state index contributed by atoms with van der Waals surface area (Å²) in [6, 6.07) is 11.6. The number of amides is 1. The maximum absolute atomic E-state index is 14.0. The minimum absolute atomic E-state index is 0.0141. The molecule has 1 N–H and O–H groups in total. The van der Waals surface area contributed by atoms with Gasteiger partial charge >= 0.3 is 0 Å². The molecule has 0 aromatic heterocycles. The van der Waals surface area contributed by atoms with Crippen LogP contribution in [-0.4, -0.2) is 49.6 Å². The summed E-state index contributed by atoms with van der Waals surface area (Å²) in [4.78, 5) is 16.0. The Morgan fingerprint density at radius 3 is 2.39 bits per heavy atom. The third kappa shape index (κ3) is 7.01. The highest BCUT2D eigenvalue weighted by atomic mass is 35.5. The molecule has 1 amide bonds. The van der Waals surface area contributed by atoms with Gasteiger partial charge in [0.2, 0.25) is 5.91 Å². The predicted molar refractivity (Wildman–Crippen MR) is 159 cm³/mol. The van der Waals surface area contributed by atoms with Crippen molar-refractivity contribution in [1.82, 2.24) is 4.90 Å². The molecule has 0 saturated carbocycles. The molecule has 38 heavy (non-hydrogen) atoms. The summed E-state index contributed by atoms with van der Waals surface area (Å²) in [6.07, 6.45) is 2.36. The fourth-order valence-electron chi connectivity index (χ4n) is 4.99. The van der Waals surface area contributed by atoms with Crippen LogP contribution in [0, 0.1) is 0 Å². The minimum Gasteiger partial charge on any atom is -0.496 e. The molecule has 0 spiro atoms. The predicted octanol–water partition coefficient (Wildman–Crippen LogP) is 7.13. The van der Waals surface area contributed by atoms with Gasteiger partial charge in [-0.2, -0.15) is 0 Å². The quantitative estimate of drug-likeness (QED) is 0.332. The zero-order chi connectivity index (χ0) is 28.5. The standard InChI is InChI=1S/C31H46ClNO4Si/c1-21-24-13-10-12-22(16-17-31(5,6)35)25(24)18-23(20-37-38(8,9)30(2,3)4)33(21)29(34)19-26-27(32)14-11-15-28(26)36-7/h10-15,21,23,35H,16-20H2,1-9H3/t21-,23+/m0/s1. The minimum atomic E-state index is -2.03. The first-order chi connectivity index (χ1) is 17.6. The van der Waals surface area contributed by atoms with Crippen LogP contribution in [0.25, 0.3) is 0 Å². The Morgan fingerprint density at radius 2 is 1.79 bits per heavy atom. The van der Waals surface area contributed by atoms with E-state index in [2.05, 4.69) is 59.0 Å². The van der Waals surface area contributed by atoms with Crippen molar-refractivity contribution < 1.29 is 19.1 Å². The van der Waals surface area contributed by atoms with Crippen molar-refractivity contribution in [3.8, 4) is 5.75 Å². The first kappa shape index (κ1) is 30.7. The number of rotatable bonds is 9. The Kier molecular flexibility index (Phi) is 9.45. The molecule has 1 aliphatic rings. The van der Waals surface area contributed by atoms with Crippen LogP contribution in [0.4, 0.5) is 0 Å². The highest BCUT2D eigenvalue weighted by Gasteiger charge is 2.41. The molecule has 1 heterocycles. The van der Waals surface area contributed by atoms with E-state index in [1.807, 2.05) is 30.9 Å². The number of nitrogens with zero attached hydrogens (tertiary/aromatic N) is 1. The van der Waals surface area contributed by atoms with Crippen LogP contribution in [0.2, 0.25) is 23.2 Å². The van der Waals surface area contributed by atoms with Crippen molar-refractivity contribution in [3.05, 3.63) is 63.7 Å². The molecule has 2 atom stereocenters. The van der Waals surface area contributed by atoms with E-state index in [-0.39, 0.29) is 29.4 Å². The lowest BCUT2D eigenvalue weighted by Crippen LogP contribution is -2.52. The summed E-state index contributed by atoms with van der Waals surface area (Å²) in [6.45, 7) is 17.5. The summed E-state index contributed by atoms with van der Waals surface area (Å²) < 4.78 is 12.2. The van der Waals surface area contributed by atoms with Gasteiger partial charge in [0.05, 0.1) is 37.8 Å². The second kappa shape index (κ2) is 11.7. The summed E-state index contributed by atoms with van der Waals surface area (Å²) in [5, 5.41) is 11.0. The van der Waals surface area contributed by atoms with Crippen molar-refractivity contribution >= 4 is 25.8 Å². The van der Waals surface area contributed by atoms with Crippen molar-refractivity contribution in [2.24, 2.45) is 0 Å². The summed E-state index contributed by atoms with van der Waals surface area (Å²) in [7, 11) is -0.429. The number of hydrogen-bond acceptors (Lipinski definition) is 4. The summed E-state index contributed by atoms with van der Waals surface area (Å²) in [5.41, 5.74) is 3.68. The van der Waals surface area contributed by atoms with Gasteiger partial charge in [-0.1, -0.05) is 56.6 Å². The van der Waals surface area contributed by atoms with E-state index >= 15 is 0 Å². The van der Waals surface area contributed by atoms with Gasteiger partial charge in [0.25, 0.3) is 0 Å². The molecule has 7 heteroatoms. The second-order valence-electron chi connectivity index (χ2n) is 12.8. The average Bonchev–Trinajstić information content (AvgIpc) is 2.81. The molecule has 0 bridgehead atoms. The number of aliphatic hydroxyl groups is 1. The lowest BCUT2D eigenvalue weighted by Gasteiger charge is -2.45. The SMILES string of the molecule is COc1cccc(Cl)c1CC(=O)N1[C@@H](CO[Si](C)(C)C(C)(C)C)Cc2c(CCC(C)(C)O)cccc2[C@@H]1C. The number of carbonyl (C=O) groups is 1. The van der Waals surface area contributed by atoms with Gasteiger partial charge in [0, 0.05) is 10.6 Å². The van der Waals surface area contributed by atoms with Crippen molar-refractivity contribution in [2.75, 3.05) is 13.7 Å². The van der Waals surface area contributed by atoms with Crippen LogP contribution in [0.1, 0.15) is 76.3 Å². The molecule has 2 aromatic rings. The zero-order valence-corrected chi connectivity index (χ0v) is 26.4. The van der Waals surface area contributed by atoms with Gasteiger partial charge in [0.1, 0.15) is 5.75 Å². The molecule has 0 saturated heterocycles. The molecule has 0 unspecified atom stereocenters. The van der Waals surface area contributed by atoms with E-state index in [1.165, 1.54) is 16.7 Å². The van der Waals surface area contributed by atoms with Crippen LogP contribution in [0.5, 0.6) is 5.75 Å². The Bertz CT molecular complexity index is 1140. The molecular weight excluding hydrogens is 514 g/mol. The molecule has 1 aliphatic heterocycles. The molecular formula is C31H46ClNO4Si.